The predicted molar refractivity (Wildman–Crippen MR) is 62.2 cm³/mol. The van der Waals surface area contributed by atoms with E-state index in [-0.39, 0.29) is 0 Å². The molecule has 0 aliphatic heterocycles. The first kappa shape index (κ1) is 10.8. The van der Waals surface area contributed by atoms with E-state index in [2.05, 4.69) is 33.8 Å². The lowest BCUT2D eigenvalue weighted by Crippen LogP contribution is -1.76. The minimum Gasteiger partial charge on any atom is -0.457 e. The van der Waals surface area contributed by atoms with Gasteiger partial charge >= 0.3 is 0 Å². The van der Waals surface area contributed by atoms with E-state index >= 15 is 0 Å². The Bertz CT molecular complexity index is 374. The zero-order chi connectivity index (χ0) is 10.7. The Labute approximate surface area is 86.1 Å². The van der Waals surface area contributed by atoms with Crippen LogP contribution in [0.25, 0.3) is 12.2 Å². The molecule has 0 bridgehead atoms. The highest BCUT2D eigenvalue weighted by atomic mass is 16.3. The van der Waals surface area contributed by atoms with Gasteiger partial charge in [0.05, 0.1) is 0 Å². The molecule has 1 heteroatoms. The van der Waals surface area contributed by atoms with E-state index in [0.29, 0.717) is 0 Å². The van der Waals surface area contributed by atoms with Crippen LogP contribution in [0.5, 0.6) is 0 Å². The molecule has 0 spiro atoms. The van der Waals surface area contributed by atoms with Crippen LogP contribution in [0.15, 0.2) is 16.1 Å². The Hall–Kier alpha value is -1.24. The van der Waals surface area contributed by atoms with Gasteiger partial charge in [0, 0.05) is 0 Å². The summed E-state index contributed by atoms with van der Waals surface area (Å²) in [5.41, 5.74) is 3.73. The standard InChI is InChI=1S/C13H18O/c1-6-7-12-10(4)11(5)13(14-12)8-9(2)3/h6-8H,1-5H3/b7-6-. The van der Waals surface area contributed by atoms with Crippen LogP contribution in [0.2, 0.25) is 0 Å². The van der Waals surface area contributed by atoms with Gasteiger partial charge in [-0.1, -0.05) is 11.6 Å². The number of furan rings is 1. The van der Waals surface area contributed by atoms with E-state index in [1.807, 2.05) is 19.1 Å². The lowest BCUT2D eigenvalue weighted by Gasteiger charge is -1.90. The predicted octanol–water partition coefficient (Wildman–Crippen LogP) is 4.35. The second kappa shape index (κ2) is 4.32. The average molecular weight is 190 g/mol. The van der Waals surface area contributed by atoms with Crippen molar-refractivity contribution in [3.05, 3.63) is 34.3 Å². The second-order valence-corrected chi connectivity index (χ2v) is 3.80. The fourth-order valence-corrected chi connectivity index (χ4v) is 1.35. The van der Waals surface area contributed by atoms with Crippen molar-refractivity contribution in [2.75, 3.05) is 0 Å². The molecule has 76 valence electrons. The third kappa shape index (κ3) is 2.16. The van der Waals surface area contributed by atoms with Crippen LogP contribution >= 0.6 is 0 Å². The van der Waals surface area contributed by atoms with Crippen LogP contribution in [0.3, 0.4) is 0 Å². The van der Waals surface area contributed by atoms with E-state index in [0.717, 1.165) is 11.5 Å². The third-order valence-corrected chi connectivity index (χ3v) is 2.26. The van der Waals surface area contributed by atoms with Crippen molar-refractivity contribution in [1.82, 2.24) is 0 Å². The zero-order valence-corrected chi connectivity index (χ0v) is 9.64. The molecule has 1 rings (SSSR count). The third-order valence-electron chi connectivity index (χ3n) is 2.26. The van der Waals surface area contributed by atoms with Gasteiger partial charge in [0.2, 0.25) is 0 Å². The molecule has 0 aliphatic rings. The van der Waals surface area contributed by atoms with Crippen LogP contribution in [0.4, 0.5) is 0 Å². The maximum absolute atomic E-state index is 5.73. The highest BCUT2D eigenvalue weighted by Gasteiger charge is 2.08. The highest BCUT2D eigenvalue weighted by molar-refractivity contribution is 5.58. The van der Waals surface area contributed by atoms with E-state index in [9.17, 15) is 0 Å². The van der Waals surface area contributed by atoms with Crippen LogP contribution in [0, 0.1) is 13.8 Å². The molecule has 1 heterocycles. The Morgan fingerprint density at radius 3 is 2.14 bits per heavy atom. The maximum Gasteiger partial charge on any atom is 0.130 e. The van der Waals surface area contributed by atoms with E-state index < -0.39 is 0 Å². The Morgan fingerprint density at radius 2 is 1.64 bits per heavy atom. The highest BCUT2D eigenvalue weighted by Crippen LogP contribution is 2.24. The van der Waals surface area contributed by atoms with Crippen molar-refractivity contribution in [2.45, 2.75) is 34.6 Å². The fraction of sp³-hybridized carbons (Fsp3) is 0.385. The van der Waals surface area contributed by atoms with Gasteiger partial charge in [0.1, 0.15) is 11.5 Å². The molecule has 1 aromatic rings. The lowest BCUT2D eigenvalue weighted by atomic mass is 10.1. The first-order chi connectivity index (χ1) is 6.56. The summed E-state index contributed by atoms with van der Waals surface area (Å²) in [7, 11) is 0. The molecule has 0 atom stereocenters. The van der Waals surface area contributed by atoms with Gasteiger partial charge in [-0.15, -0.1) is 0 Å². The molecule has 1 nitrogen and oxygen atoms in total. The number of hydrogen-bond donors (Lipinski definition) is 0. The van der Waals surface area contributed by atoms with Crippen molar-refractivity contribution < 1.29 is 4.42 Å². The monoisotopic (exact) mass is 190 g/mol. The van der Waals surface area contributed by atoms with Crippen LogP contribution in [0.1, 0.15) is 43.4 Å². The summed E-state index contributed by atoms with van der Waals surface area (Å²) in [5, 5.41) is 0. The largest absolute Gasteiger partial charge is 0.457 e. The minimum atomic E-state index is 0.970. The smallest absolute Gasteiger partial charge is 0.130 e. The second-order valence-electron chi connectivity index (χ2n) is 3.80. The maximum atomic E-state index is 5.73. The van der Waals surface area contributed by atoms with Crippen LogP contribution < -0.4 is 0 Å². The van der Waals surface area contributed by atoms with Crippen molar-refractivity contribution in [1.29, 1.82) is 0 Å². The van der Waals surface area contributed by atoms with Crippen LogP contribution in [-0.4, -0.2) is 0 Å². The van der Waals surface area contributed by atoms with Crippen molar-refractivity contribution in [2.24, 2.45) is 0 Å². The summed E-state index contributed by atoms with van der Waals surface area (Å²) in [6.07, 6.45) is 6.08. The first-order valence-corrected chi connectivity index (χ1v) is 4.93. The molecule has 0 saturated carbocycles. The molecule has 0 saturated heterocycles. The molecule has 0 aromatic carbocycles. The molecule has 0 N–H and O–H groups in total. The first-order valence-electron chi connectivity index (χ1n) is 4.93. The van der Waals surface area contributed by atoms with Gasteiger partial charge < -0.3 is 4.42 Å². The van der Waals surface area contributed by atoms with Gasteiger partial charge in [-0.3, -0.25) is 0 Å². The number of rotatable bonds is 2. The molecule has 1 aromatic heterocycles. The Kier molecular flexibility index (Phi) is 3.34. The molecule has 0 fully saturated rings. The van der Waals surface area contributed by atoms with Gasteiger partial charge in [-0.25, -0.2) is 0 Å². The summed E-state index contributed by atoms with van der Waals surface area (Å²) in [6, 6.07) is 0. The summed E-state index contributed by atoms with van der Waals surface area (Å²) in [5.74, 6) is 1.95. The van der Waals surface area contributed by atoms with E-state index in [4.69, 9.17) is 4.42 Å². The Balaban J connectivity index is 3.21. The molecule has 0 radical (unpaired) electrons. The van der Waals surface area contributed by atoms with Crippen molar-refractivity contribution >= 4 is 12.2 Å². The lowest BCUT2D eigenvalue weighted by molar-refractivity contribution is 0.543. The molecule has 0 amide bonds. The molecule has 0 aliphatic carbocycles. The quantitative estimate of drug-likeness (QED) is 0.675. The zero-order valence-electron chi connectivity index (χ0n) is 9.64. The van der Waals surface area contributed by atoms with Crippen molar-refractivity contribution in [3.8, 4) is 0 Å². The average Bonchev–Trinajstić information content (AvgIpc) is 2.34. The van der Waals surface area contributed by atoms with Gasteiger partial charge in [0.15, 0.2) is 0 Å². The fourth-order valence-electron chi connectivity index (χ4n) is 1.35. The molecular weight excluding hydrogens is 172 g/mol. The van der Waals surface area contributed by atoms with Gasteiger partial charge in [-0.2, -0.15) is 0 Å². The van der Waals surface area contributed by atoms with Gasteiger partial charge in [-0.05, 0) is 57.9 Å². The van der Waals surface area contributed by atoms with Crippen LogP contribution in [-0.2, 0) is 0 Å². The molecular formula is C13H18O. The normalized spacial score (nSPS) is 10.9. The van der Waals surface area contributed by atoms with E-state index in [1.54, 1.807) is 0 Å². The minimum absolute atomic E-state index is 0.970. The van der Waals surface area contributed by atoms with Gasteiger partial charge in [0.25, 0.3) is 0 Å². The summed E-state index contributed by atoms with van der Waals surface area (Å²) < 4.78 is 5.73. The molecule has 0 unspecified atom stereocenters. The van der Waals surface area contributed by atoms with E-state index in [1.165, 1.54) is 16.7 Å². The summed E-state index contributed by atoms with van der Waals surface area (Å²) in [6.45, 7) is 10.3. The van der Waals surface area contributed by atoms with Crippen molar-refractivity contribution in [3.63, 3.8) is 0 Å². The summed E-state index contributed by atoms with van der Waals surface area (Å²) >= 11 is 0. The number of allylic oxidation sites excluding steroid dienone is 2. The topological polar surface area (TPSA) is 13.1 Å². The Morgan fingerprint density at radius 1 is 1.07 bits per heavy atom. The number of hydrogen-bond acceptors (Lipinski definition) is 1. The SMILES string of the molecule is C/C=C\c1oc(C=C(C)C)c(C)c1C. The summed E-state index contributed by atoms with van der Waals surface area (Å²) in [4.78, 5) is 0. The molecule has 14 heavy (non-hydrogen) atoms.